The van der Waals surface area contributed by atoms with E-state index in [-0.39, 0.29) is 86.7 Å². The van der Waals surface area contributed by atoms with Crippen molar-refractivity contribution in [1.29, 1.82) is 0 Å². The highest BCUT2D eigenvalue weighted by Gasteiger charge is 2.31. The second-order valence-electron chi connectivity index (χ2n) is 19.1. The van der Waals surface area contributed by atoms with Gasteiger partial charge in [0.1, 0.15) is 34.1 Å². The molecule has 3 aromatic heterocycles. The molecule has 3 aliphatic heterocycles. The molecule has 10 N–H and O–H groups in total. The van der Waals surface area contributed by atoms with Crippen LogP contribution in [0, 0.1) is 17.5 Å². The largest absolute Gasteiger partial charge is 0.477 e. The van der Waals surface area contributed by atoms with E-state index in [1.807, 2.05) is 28.4 Å². The molecule has 3 aliphatic carbocycles. The predicted octanol–water partition coefficient (Wildman–Crippen LogP) is 3.94. The van der Waals surface area contributed by atoms with Crippen LogP contribution in [0.4, 0.5) is 30.2 Å². The minimum absolute atomic E-state index is 0. The lowest BCUT2D eigenvalue weighted by atomic mass is 10.1. The molecule has 3 aromatic carbocycles. The van der Waals surface area contributed by atoms with Gasteiger partial charge in [-0.05, 0) is 74.9 Å². The first-order valence-electron chi connectivity index (χ1n) is 24.4. The van der Waals surface area contributed by atoms with Gasteiger partial charge in [-0.1, -0.05) is 0 Å². The summed E-state index contributed by atoms with van der Waals surface area (Å²) in [6.45, 7) is 8.88. The molecule has 0 amide bonds. The smallest absolute Gasteiger partial charge is 0.341 e. The number of aromatic nitrogens is 3. The van der Waals surface area contributed by atoms with Crippen LogP contribution in [0.1, 0.15) is 87.7 Å². The molecular weight excluding hydrogens is 1040 g/mol. The normalized spacial score (nSPS) is 17.2. The van der Waals surface area contributed by atoms with Gasteiger partial charge in [0.15, 0.2) is 0 Å². The molecule has 0 unspecified atom stereocenters. The van der Waals surface area contributed by atoms with Crippen molar-refractivity contribution >= 4 is 92.5 Å². The van der Waals surface area contributed by atoms with Gasteiger partial charge in [-0.3, -0.25) is 14.4 Å². The van der Waals surface area contributed by atoms with Crippen molar-refractivity contribution in [2.24, 2.45) is 0 Å². The zero-order valence-electron chi connectivity index (χ0n) is 41.1. The Bertz CT molecular complexity index is 3020. The minimum atomic E-state index is -1.28. The number of rotatable bonds is 9. The number of nitrogens with one attached hydrogen (secondary N) is 3. The second-order valence-corrected chi connectivity index (χ2v) is 19.1. The summed E-state index contributed by atoms with van der Waals surface area (Å²) >= 11 is 0. The van der Waals surface area contributed by atoms with E-state index in [1.165, 1.54) is 36.8 Å². The number of pyridine rings is 3. The van der Waals surface area contributed by atoms with Crippen molar-refractivity contribution in [3.05, 3.63) is 120 Å². The van der Waals surface area contributed by atoms with Crippen molar-refractivity contribution in [2.75, 3.05) is 93.2 Å². The molecule has 0 radical (unpaired) electrons. The molecule has 12 rings (SSSR count). The van der Waals surface area contributed by atoms with Crippen LogP contribution in [0.15, 0.2) is 69.4 Å². The van der Waals surface area contributed by atoms with Crippen LogP contribution < -0.4 is 46.9 Å². The number of carboxylic acid groups (broad SMARTS) is 3. The van der Waals surface area contributed by atoms with Crippen LogP contribution in [-0.4, -0.2) is 136 Å². The summed E-state index contributed by atoms with van der Waals surface area (Å²) in [5, 5.41) is 37.9. The van der Waals surface area contributed by atoms with Crippen molar-refractivity contribution in [3.8, 4) is 0 Å². The first kappa shape index (κ1) is 58.5. The summed E-state index contributed by atoms with van der Waals surface area (Å²) in [7, 11) is 0. The van der Waals surface area contributed by atoms with Gasteiger partial charge in [0, 0.05) is 131 Å². The second kappa shape index (κ2) is 24.1. The fraction of sp³-hybridized carbons (Fsp3) is 0.412. The van der Waals surface area contributed by atoms with Gasteiger partial charge in [-0.2, -0.15) is 0 Å². The fourth-order valence-electron chi connectivity index (χ4n) is 9.94. The Labute approximate surface area is 444 Å². The Morgan fingerprint density at radius 1 is 0.421 bits per heavy atom. The zero-order chi connectivity index (χ0) is 50.5. The maximum atomic E-state index is 14.6. The lowest BCUT2D eigenvalue weighted by Gasteiger charge is -2.30. The van der Waals surface area contributed by atoms with E-state index in [4.69, 9.17) is 0 Å². The Morgan fingerprint density at radius 3 is 0.842 bits per heavy atom. The number of fused-ring (bicyclic) bond motifs is 3. The highest BCUT2D eigenvalue weighted by Crippen LogP contribution is 2.40. The lowest BCUT2D eigenvalue weighted by Crippen LogP contribution is -2.43. The third-order valence-electron chi connectivity index (χ3n) is 14.2. The number of anilines is 3. The van der Waals surface area contributed by atoms with E-state index in [0.29, 0.717) is 72.9 Å². The Hall–Kier alpha value is -6.73. The molecule has 6 aliphatic rings. The van der Waals surface area contributed by atoms with Gasteiger partial charge in [0.05, 0.1) is 33.6 Å². The van der Waals surface area contributed by atoms with E-state index in [0.717, 1.165) is 77.8 Å². The molecule has 6 fully saturated rings. The summed E-state index contributed by atoms with van der Waals surface area (Å²) in [4.78, 5) is 77.1. The predicted molar refractivity (Wildman–Crippen MR) is 287 cm³/mol. The number of carboxylic acids is 3. The Morgan fingerprint density at radius 2 is 0.645 bits per heavy atom. The molecule has 6 heterocycles. The summed E-state index contributed by atoms with van der Waals surface area (Å²) < 4.78 is 49.3. The molecule has 410 valence electrons. The highest BCUT2D eigenvalue weighted by atomic mass is 35.5. The first-order valence-corrected chi connectivity index (χ1v) is 24.4. The Balaban J connectivity index is 0.000000180. The minimum Gasteiger partial charge on any atom is -0.477 e. The van der Waals surface area contributed by atoms with E-state index >= 15 is 0 Å². The summed E-state index contributed by atoms with van der Waals surface area (Å²) in [6, 6.07) is 9.23. The highest BCUT2D eigenvalue weighted by molar-refractivity contribution is 5.96. The molecule has 0 bridgehead atoms. The zero-order valence-corrected chi connectivity index (χ0v) is 42.7. The average molecular weight is 1100 g/mol. The number of benzene rings is 3. The first-order chi connectivity index (χ1) is 34.7. The van der Waals surface area contributed by atoms with Crippen molar-refractivity contribution in [1.82, 2.24) is 29.7 Å². The van der Waals surface area contributed by atoms with Crippen molar-refractivity contribution < 1.29 is 53.8 Å². The number of aromatic carboxylic acids is 3. The van der Waals surface area contributed by atoms with Crippen LogP contribution >= 0.6 is 24.8 Å². The average Bonchev–Trinajstić information content (AvgIpc) is 4.20. The van der Waals surface area contributed by atoms with Crippen LogP contribution in [-0.2, 0) is 0 Å². The van der Waals surface area contributed by atoms with Gasteiger partial charge < -0.3 is 70.6 Å². The quantitative estimate of drug-likeness (QED) is 0.120. The SMILES string of the molecule is Cl.Cl.O.O.O=C(O)c1cn(C2CC2)c2cc(N3CCNCC3)c(F)cc2c1=O.O=C(O)c1cn(C2CC2)c2cc(N3CCNCC3)c(F)cc2c1=O.O=C(O)c1cn(C2CC2)c2cc(N3CCNCC3)c(F)cc2c1=O. The van der Waals surface area contributed by atoms with E-state index in [1.54, 1.807) is 18.2 Å². The van der Waals surface area contributed by atoms with E-state index in [9.17, 15) is 57.3 Å². The Kier molecular flexibility index (Phi) is 18.5. The molecule has 3 saturated carbocycles. The van der Waals surface area contributed by atoms with E-state index < -0.39 is 51.6 Å². The summed E-state index contributed by atoms with van der Waals surface area (Å²) in [6.07, 6.45) is 9.87. The third-order valence-corrected chi connectivity index (χ3v) is 14.2. The monoisotopic (exact) mass is 1100 g/mol. The van der Waals surface area contributed by atoms with Gasteiger partial charge in [0.25, 0.3) is 0 Å². The van der Waals surface area contributed by atoms with Crippen LogP contribution in [0.5, 0.6) is 0 Å². The number of hydrogen-bond acceptors (Lipinski definition) is 12. The molecule has 25 heteroatoms. The van der Waals surface area contributed by atoms with Crippen LogP contribution in [0.25, 0.3) is 32.7 Å². The number of halogens is 5. The molecule has 6 aromatic rings. The molecule has 3 saturated heterocycles. The van der Waals surface area contributed by atoms with Crippen molar-refractivity contribution in [3.63, 3.8) is 0 Å². The number of carbonyl (C=O) groups is 3. The topological polar surface area (TPSA) is 287 Å². The molecule has 76 heavy (non-hydrogen) atoms. The third kappa shape index (κ3) is 11.8. The number of piperazine rings is 3. The van der Waals surface area contributed by atoms with Crippen LogP contribution in [0.2, 0.25) is 0 Å². The van der Waals surface area contributed by atoms with E-state index in [2.05, 4.69) is 16.0 Å². The molecule has 0 spiro atoms. The molecule has 20 nitrogen and oxygen atoms in total. The molecular formula is C51H60Cl2F3N9O11. The van der Waals surface area contributed by atoms with Crippen molar-refractivity contribution in [2.45, 2.75) is 56.7 Å². The number of hydrogen-bond donors (Lipinski definition) is 6. The van der Waals surface area contributed by atoms with Gasteiger partial charge in [-0.25, -0.2) is 27.6 Å². The molecule has 0 atom stereocenters. The lowest BCUT2D eigenvalue weighted by molar-refractivity contribution is 0.0684. The van der Waals surface area contributed by atoms with Gasteiger partial charge in [0.2, 0.25) is 16.3 Å². The van der Waals surface area contributed by atoms with Gasteiger partial charge in [-0.15, -0.1) is 24.8 Å². The number of nitrogens with zero attached hydrogens (tertiary/aromatic N) is 6. The fourth-order valence-corrected chi connectivity index (χ4v) is 9.94. The maximum absolute atomic E-state index is 14.6. The maximum Gasteiger partial charge on any atom is 0.341 e. The standard InChI is InChI=1S/3C17H18FN3O3.2ClH.2H2O/c3*18-13-7-11-14(8-15(13)20-5-3-19-4-6-20)21(10-1-2-10)9-12(16(11)22)17(23)24;;;;/h3*7-10,19H,1-6H2,(H,23,24);2*1H;2*1H2. The van der Waals surface area contributed by atoms with Gasteiger partial charge >= 0.3 is 17.9 Å². The van der Waals surface area contributed by atoms with Crippen LogP contribution in [0.3, 0.4) is 0 Å². The summed E-state index contributed by atoms with van der Waals surface area (Å²) in [5.41, 5.74) is 0.478. The summed E-state index contributed by atoms with van der Waals surface area (Å²) in [5.74, 6) is -5.27.